The van der Waals surface area contributed by atoms with Gasteiger partial charge in [0.2, 0.25) is 5.82 Å². The Labute approximate surface area is 198 Å². The average molecular weight is 464 g/mol. The average Bonchev–Trinajstić information content (AvgIpc) is 3.25. The van der Waals surface area contributed by atoms with E-state index in [1.54, 1.807) is 0 Å². The van der Waals surface area contributed by atoms with Gasteiger partial charge in [-0.1, -0.05) is 67.5 Å². The van der Waals surface area contributed by atoms with Crippen LogP contribution in [0.1, 0.15) is 30.9 Å². The van der Waals surface area contributed by atoms with Crippen molar-refractivity contribution in [3.63, 3.8) is 0 Å². The minimum Gasteiger partial charge on any atom is -0.481 e. The molecular formula is C26H26ClN3O3. The van der Waals surface area contributed by atoms with Crippen molar-refractivity contribution < 1.29 is 14.4 Å². The van der Waals surface area contributed by atoms with Gasteiger partial charge in [-0.05, 0) is 39.9 Å². The fourth-order valence-electron chi connectivity index (χ4n) is 4.25. The molecule has 33 heavy (non-hydrogen) atoms. The Morgan fingerprint density at radius 3 is 2.42 bits per heavy atom. The summed E-state index contributed by atoms with van der Waals surface area (Å²) >= 11 is 0. The molecule has 1 aromatic heterocycles. The van der Waals surface area contributed by atoms with E-state index in [-0.39, 0.29) is 18.3 Å². The molecule has 0 unspecified atom stereocenters. The zero-order valence-electron chi connectivity index (χ0n) is 18.6. The van der Waals surface area contributed by atoms with Crippen molar-refractivity contribution >= 4 is 29.1 Å². The minimum atomic E-state index is -0.715. The van der Waals surface area contributed by atoms with Gasteiger partial charge < -0.3 is 9.63 Å². The first-order valence-electron chi connectivity index (χ1n) is 10.9. The van der Waals surface area contributed by atoms with E-state index in [2.05, 4.69) is 59.2 Å². The molecule has 1 N–H and O–H groups in total. The van der Waals surface area contributed by atoms with E-state index in [1.807, 2.05) is 30.3 Å². The van der Waals surface area contributed by atoms with Gasteiger partial charge in [0.25, 0.3) is 5.89 Å². The molecule has 0 radical (unpaired) electrons. The number of aromatic nitrogens is 2. The molecule has 0 amide bonds. The van der Waals surface area contributed by atoms with Crippen LogP contribution in [0.25, 0.3) is 33.6 Å². The summed E-state index contributed by atoms with van der Waals surface area (Å²) < 4.78 is 5.58. The number of rotatable bonds is 6. The first-order valence-corrected chi connectivity index (χ1v) is 10.9. The third kappa shape index (κ3) is 4.49. The van der Waals surface area contributed by atoms with Gasteiger partial charge in [0, 0.05) is 30.8 Å². The highest BCUT2D eigenvalue weighted by Crippen LogP contribution is 2.32. The topological polar surface area (TPSA) is 79.5 Å². The Morgan fingerprint density at radius 2 is 1.76 bits per heavy atom. The zero-order chi connectivity index (χ0) is 22.2. The van der Waals surface area contributed by atoms with Crippen LogP contribution >= 0.6 is 12.4 Å². The molecule has 0 atom stereocenters. The van der Waals surface area contributed by atoms with Crippen LogP contribution in [-0.4, -0.2) is 39.2 Å². The Bertz CT molecular complexity index is 1280. The van der Waals surface area contributed by atoms with Crippen LogP contribution in [0.2, 0.25) is 0 Å². The predicted molar refractivity (Wildman–Crippen MR) is 130 cm³/mol. The summed E-state index contributed by atoms with van der Waals surface area (Å²) in [5.41, 5.74) is 4.26. The van der Waals surface area contributed by atoms with Crippen LogP contribution in [0.3, 0.4) is 0 Å². The van der Waals surface area contributed by atoms with Crippen molar-refractivity contribution in [3.8, 4) is 22.8 Å². The maximum atomic E-state index is 11.1. The van der Waals surface area contributed by atoms with Gasteiger partial charge in [-0.2, -0.15) is 4.98 Å². The van der Waals surface area contributed by atoms with E-state index >= 15 is 0 Å². The van der Waals surface area contributed by atoms with Crippen molar-refractivity contribution in [2.75, 3.05) is 13.1 Å². The van der Waals surface area contributed by atoms with Crippen LogP contribution in [0.4, 0.5) is 0 Å². The molecule has 7 heteroatoms. The Balaban J connectivity index is 0.00000259. The normalized spacial score (nSPS) is 14.3. The van der Waals surface area contributed by atoms with Gasteiger partial charge >= 0.3 is 5.97 Å². The molecule has 0 saturated carbocycles. The SMILES string of the molecule is CC(C)c1ccc(-c2nc(-c3ccc(CN4CC(C(=O)O)C4)c4ccccc34)no2)cc1.Cl. The highest BCUT2D eigenvalue weighted by atomic mass is 35.5. The maximum Gasteiger partial charge on any atom is 0.309 e. The van der Waals surface area contributed by atoms with E-state index in [0.717, 1.165) is 28.4 Å². The molecule has 0 aliphatic carbocycles. The monoisotopic (exact) mass is 463 g/mol. The fraction of sp³-hybridized carbons (Fsp3) is 0.269. The second kappa shape index (κ2) is 9.33. The second-order valence-electron chi connectivity index (χ2n) is 8.75. The predicted octanol–water partition coefficient (Wildman–Crippen LogP) is 5.62. The zero-order valence-corrected chi connectivity index (χ0v) is 19.4. The smallest absolute Gasteiger partial charge is 0.309 e. The van der Waals surface area contributed by atoms with E-state index in [1.165, 1.54) is 11.1 Å². The molecule has 6 nitrogen and oxygen atoms in total. The van der Waals surface area contributed by atoms with Crippen LogP contribution in [0, 0.1) is 5.92 Å². The molecule has 170 valence electrons. The Morgan fingerprint density at radius 1 is 1.06 bits per heavy atom. The number of hydrogen-bond acceptors (Lipinski definition) is 5. The van der Waals surface area contributed by atoms with Crippen LogP contribution in [0.15, 0.2) is 65.2 Å². The molecule has 3 aromatic carbocycles. The molecule has 5 rings (SSSR count). The molecule has 1 aliphatic heterocycles. The van der Waals surface area contributed by atoms with Crippen LogP contribution in [0.5, 0.6) is 0 Å². The second-order valence-corrected chi connectivity index (χ2v) is 8.75. The van der Waals surface area contributed by atoms with Crippen LogP contribution < -0.4 is 0 Å². The number of aliphatic carboxylic acids is 1. The third-order valence-electron chi connectivity index (χ3n) is 6.21. The number of carboxylic acids is 1. The van der Waals surface area contributed by atoms with Crippen molar-refractivity contribution in [1.29, 1.82) is 0 Å². The first kappa shape index (κ1) is 23.0. The molecular weight excluding hydrogens is 438 g/mol. The van der Waals surface area contributed by atoms with Gasteiger partial charge in [0.15, 0.2) is 0 Å². The van der Waals surface area contributed by atoms with Gasteiger partial charge in [0.05, 0.1) is 5.92 Å². The van der Waals surface area contributed by atoms with Gasteiger partial charge in [-0.3, -0.25) is 9.69 Å². The lowest BCUT2D eigenvalue weighted by Crippen LogP contribution is -2.49. The van der Waals surface area contributed by atoms with Crippen molar-refractivity contribution in [3.05, 3.63) is 71.8 Å². The Kier molecular flexibility index (Phi) is 6.49. The number of carboxylic acid groups (broad SMARTS) is 1. The summed E-state index contributed by atoms with van der Waals surface area (Å²) in [6, 6.07) is 20.5. The summed E-state index contributed by atoms with van der Waals surface area (Å²) in [5.74, 6) is 0.564. The molecule has 1 aliphatic rings. The molecule has 2 heterocycles. The summed E-state index contributed by atoms with van der Waals surface area (Å²) in [6.07, 6.45) is 0. The summed E-state index contributed by atoms with van der Waals surface area (Å²) in [7, 11) is 0. The number of benzene rings is 3. The lowest BCUT2D eigenvalue weighted by atomic mass is 9.95. The van der Waals surface area contributed by atoms with E-state index < -0.39 is 5.97 Å². The van der Waals surface area contributed by atoms with Crippen molar-refractivity contribution in [2.24, 2.45) is 5.92 Å². The largest absolute Gasteiger partial charge is 0.481 e. The van der Waals surface area contributed by atoms with Gasteiger partial charge in [-0.25, -0.2) is 0 Å². The number of fused-ring (bicyclic) bond motifs is 1. The highest BCUT2D eigenvalue weighted by Gasteiger charge is 2.32. The van der Waals surface area contributed by atoms with Crippen molar-refractivity contribution in [2.45, 2.75) is 26.3 Å². The number of carbonyl (C=O) groups is 1. The van der Waals surface area contributed by atoms with E-state index in [9.17, 15) is 4.79 Å². The third-order valence-corrected chi connectivity index (χ3v) is 6.21. The molecule has 0 bridgehead atoms. The van der Waals surface area contributed by atoms with Crippen molar-refractivity contribution in [1.82, 2.24) is 15.0 Å². The number of likely N-dealkylation sites (tertiary alicyclic amines) is 1. The number of hydrogen-bond donors (Lipinski definition) is 1. The lowest BCUT2D eigenvalue weighted by molar-refractivity contribution is -0.147. The fourth-order valence-corrected chi connectivity index (χ4v) is 4.25. The summed E-state index contributed by atoms with van der Waals surface area (Å²) in [5, 5.41) is 15.6. The number of halogens is 1. The van der Waals surface area contributed by atoms with E-state index in [4.69, 9.17) is 9.63 Å². The van der Waals surface area contributed by atoms with E-state index in [0.29, 0.717) is 30.7 Å². The van der Waals surface area contributed by atoms with Gasteiger partial charge in [-0.15, -0.1) is 12.4 Å². The molecule has 4 aromatic rings. The minimum absolute atomic E-state index is 0. The first-order chi connectivity index (χ1) is 15.5. The molecule has 1 saturated heterocycles. The summed E-state index contributed by atoms with van der Waals surface area (Å²) in [6.45, 7) is 6.25. The highest BCUT2D eigenvalue weighted by molar-refractivity contribution is 5.97. The molecule has 0 spiro atoms. The number of nitrogens with zero attached hydrogens (tertiary/aromatic N) is 3. The molecule has 1 fully saturated rings. The quantitative estimate of drug-likeness (QED) is 0.400. The standard InChI is InChI=1S/C26H25N3O3.ClH/c1-16(2)17-7-9-18(10-8-17)25-27-24(28-32-25)23-12-11-19(21-5-3-4-6-22(21)23)13-29-14-20(15-29)26(30)31;/h3-12,16,20H,13-15H2,1-2H3,(H,30,31);1H. The Hall–Kier alpha value is -3.22. The summed E-state index contributed by atoms with van der Waals surface area (Å²) in [4.78, 5) is 17.9. The van der Waals surface area contributed by atoms with Gasteiger partial charge in [0.1, 0.15) is 0 Å². The lowest BCUT2D eigenvalue weighted by Gasteiger charge is -2.36. The van der Waals surface area contributed by atoms with Crippen LogP contribution in [-0.2, 0) is 11.3 Å². The maximum absolute atomic E-state index is 11.1.